The first-order valence-corrected chi connectivity index (χ1v) is 6.22. The van der Waals surface area contributed by atoms with Gasteiger partial charge in [0.1, 0.15) is 0 Å². The van der Waals surface area contributed by atoms with Gasteiger partial charge in [0, 0.05) is 12.1 Å². The maximum Gasteiger partial charge on any atom is 0.323 e. The summed E-state index contributed by atoms with van der Waals surface area (Å²) in [6.45, 7) is 9.51. The van der Waals surface area contributed by atoms with Crippen molar-refractivity contribution < 1.29 is 14.3 Å². The van der Waals surface area contributed by atoms with E-state index in [2.05, 4.69) is 0 Å². The molecular weight excluding hydrogens is 232 g/mol. The predicted molar refractivity (Wildman–Crippen MR) is 67.5 cm³/mol. The number of carbonyl (C=O) groups is 2. The molecule has 0 aromatic rings. The Morgan fingerprint density at radius 2 is 1.72 bits per heavy atom. The van der Waals surface area contributed by atoms with Gasteiger partial charge >= 0.3 is 5.97 Å². The highest BCUT2D eigenvalue weighted by Crippen LogP contribution is 2.13. The largest absolute Gasteiger partial charge is 0.465 e. The number of ether oxygens (including phenoxy) is 1. The Bertz CT molecular complexity index is 324. The van der Waals surface area contributed by atoms with Crippen molar-refractivity contribution >= 4 is 11.9 Å². The van der Waals surface area contributed by atoms with Crippen molar-refractivity contribution in [2.75, 3.05) is 6.61 Å². The first kappa shape index (κ1) is 16.4. The maximum absolute atomic E-state index is 12.1. The molecule has 5 heteroatoms. The molecule has 0 saturated carbocycles. The lowest BCUT2D eigenvalue weighted by molar-refractivity contribution is -0.149. The number of nitrogens with zero attached hydrogens (tertiary/aromatic N) is 2. The first-order valence-electron chi connectivity index (χ1n) is 6.22. The van der Waals surface area contributed by atoms with Gasteiger partial charge < -0.3 is 9.64 Å². The molecule has 5 nitrogen and oxygen atoms in total. The van der Waals surface area contributed by atoms with Crippen molar-refractivity contribution in [2.24, 2.45) is 5.92 Å². The lowest BCUT2D eigenvalue weighted by Gasteiger charge is -2.31. The lowest BCUT2D eigenvalue weighted by atomic mass is 10.1. The summed E-state index contributed by atoms with van der Waals surface area (Å²) in [5.74, 6) is -1.84. The maximum atomic E-state index is 12.1. The SMILES string of the molecule is CCOC(=O)C(C#N)CC(=O)N(C(C)C)C(C)C. The Hall–Kier alpha value is -1.57. The number of hydrogen-bond acceptors (Lipinski definition) is 4. The second kappa shape index (κ2) is 7.70. The topological polar surface area (TPSA) is 70.4 Å². The molecule has 0 bridgehead atoms. The number of carbonyl (C=O) groups excluding carboxylic acids is 2. The molecule has 1 unspecified atom stereocenters. The number of nitriles is 1. The molecule has 0 aliphatic rings. The molecule has 0 heterocycles. The second-order valence-corrected chi connectivity index (χ2v) is 4.63. The van der Waals surface area contributed by atoms with E-state index in [1.54, 1.807) is 11.8 Å². The smallest absolute Gasteiger partial charge is 0.323 e. The molecule has 1 amide bonds. The van der Waals surface area contributed by atoms with Crippen LogP contribution in [0.15, 0.2) is 0 Å². The van der Waals surface area contributed by atoms with E-state index in [-0.39, 0.29) is 31.0 Å². The minimum Gasteiger partial charge on any atom is -0.465 e. The van der Waals surface area contributed by atoms with Gasteiger partial charge in [-0.15, -0.1) is 0 Å². The van der Waals surface area contributed by atoms with Crippen molar-refractivity contribution in [3.8, 4) is 6.07 Å². The standard InChI is InChI=1S/C13H22N2O3/c1-6-18-13(17)11(8-14)7-12(16)15(9(2)3)10(4)5/h9-11H,6-7H2,1-5H3. The Labute approximate surface area is 109 Å². The first-order chi connectivity index (χ1) is 8.34. The molecule has 0 saturated heterocycles. The second-order valence-electron chi connectivity index (χ2n) is 4.63. The normalized spacial score (nSPS) is 12.1. The highest BCUT2D eigenvalue weighted by Gasteiger charge is 2.28. The van der Waals surface area contributed by atoms with Gasteiger partial charge in [-0.3, -0.25) is 9.59 Å². The fourth-order valence-electron chi connectivity index (χ4n) is 1.88. The van der Waals surface area contributed by atoms with Crippen molar-refractivity contribution in [1.29, 1.82) is 5.26 Å². The third kappa shape index (κ3) is 4.74. The summed E-state index contributed by atoms with van der Waals surface area (Å²) in [5.41, 5.74) is 0. The Morgan fingerprint density at radius 1 is 1.22 bits per heavy atom. The monoisotopic (exact) mass is 254 g/mol. The van der Waals surface area contributed by atoms with Crippen LogP contribution in [-0.2, 0) is 14.3 Å². The lowest BCUT2D eigenvalue weighted by Crippen LogP contribution is -2.43. The minimum atomic E-state index is -1.02. The molecule has 0 spiro atoms. The Morgan fingerprint density at radius 3 is 2.06 bits per heavy atom. The van der Waals surface area contributed by atoms with Crippen LogP contribution in [-0.4, -0.2) is 35.5 Å². The molecule has 0 aliphatic heterocycles. The Balaban J connectivity index is 4.70. The van der Waals surface area contributed by atoms with Crippen LogP contribution in [0.2, 0.25) is 0 Å². The van der Waals surface area contributed by atoms with Crippen molar-refractivity contribution in [3.05, 3.63) is 0 Å². The zero-order chi connectivity index (χ0) is 14.3. The van der Waals surface area contributed by atoms with Crippen LogP contribution in [0.5, 0.6) is 0 Å². The molecule has 0 aromatic heterocycles. The number of amides is 1. The summed E-state index contributed by atoms with van der Waals surface area (Å²) < 4.78 is 4.76. The van der Waals surface area contributed by atoms with Gasteiger partial charge in [0.2, 0.25) is 5.91 Å². The summed E-state index contributed by atoms with van der Waals surface area (Å²) in [6.07, 6.45) is -0.119. The third-order valence-corrected chi connectivity index (χ3v) is 2.51. The number of esters is 1. The van der Waals surface area contributed by atoms with Gasteiger partial charge in [0.05, 0.1) is 19.1 Å². The molecule has 1 atom stereocenters. The van der Waals surface area contributed by atoms with Crippen molar-refractivity contribution in [1.82, 2.24) is 4.90 Å². The van der Waals surface area contributed by atoms with E-state index in [9.17, 15) is 9.59 Å². The van der Waals surface area contributed by atoms with Crippen LogP contribution in [0.3, 0.4) is 0 Å². The average Bonchev–Trinajstić information content (AvgIpc) is 2.24. The van der Waals surface area contributed by atoms with E-state index in [0.29, 0.717) is 0 Å². The van der Waals surface area contributed by atoms with E-state index in [1.165, 1.54) is 0 Å². The van der Waals surface area contributed by atoms with Crippen LogP contribution < -0.4 is 0 Å². The number of rotatable bonds is 6. The fraction of sp³-hybridized carbons (Fsp3) is 0.769. The third-order valence-electron chi connectivity index (χ3n) is 2.51. The van der Waals surface area contributed by atoms with Gasteiger partial charge in [0.15, 0.2) is 5.92 Å². The molecule has 0 radical (unpaired) electrons. The molecule has 18 heavy (non-hydrogen) atoms. The highest BCUT2D eigenvalue weighted by molar-refractivity contribution is 5.85. The van der Waals surface area contributed by atoms with Crippen LogP contribution in [0.25, 0.3) is 0 Å². The average molecular weight is 254 g/mol. The van der Waals surface area contributed by atoms with Crippen molar-refractivity contribution in [2.45, 2.75) is 53.1 Å². The van der Waals surface area contributed by atoms with Gasteiger partial charge in [-0.05, 0) is 34.6 Å². The number of hydrogen-bond donors (Lipinski definition) is 0. The zero-order valence-electron chi connectivity index (χ0n) is 11.8. The van der Waals surface area contributed by atoms with Crippen LogP contribution >= 0.6 is 0 Å². The van der Waals surface area contributed by atoms with E-state index in [1.807, 2.05) is 33.8 Å². The van der Waals surface area contributed by atoms with Gasteiger partial charge in [-0.2, -0.15) is 5.26 Å². The molecule has 102 valence electrons. The van der Waals surface area contributed by atoms with Crippen LogP contribution in [0, 0.1) is 17.2 Å². The van der Waals surface area contributed by atoms with Gasteiger partial charge in [-0.25, -0.2) is 0 Å². The molecule has 0 rings (SSSR count). The summed E-state index contributed by atoms with van der Waals surface area (Å²) in [4.78, 5) is 25.2. The van der Waals surface area contributed by atoms with E-state index in [4.69, 9.17) is 10.00 Å². The summed E-state index contributed by atoms with van der Waals surface area (Å²) in [7, 11) is 0. The molecule has 0 N–H and O–H groups in total. The van der Waals surface area contributed by atoms with E-state index >= 15 is 0 Å². The molecular formula is C13H22N2O3. The molecule has 0 fully saturated rings. The molecule has 0 aliphatic carbocycles. The summed E-state index contributed by atoms with van der Waals surface area (Å²) >= 11 is 0. The molecule has 0 aromatic carbocycles. The van der Waals surface area contributed by atoms with E-state index < -0.39 is 11.9 Å². The predicted octanol–water partition coefficient (Wildman–Crippen LogP) is 1.72. The van der Waals surface area contributed by atoms with Gasteiger partial charge in [0.25, 0.3) is 0 Å². The fourth-order valence-corrected chi connectivity index (χ4v) is 1.88. The van der Waals surface area contributed by atoms with E-state index in [0.717, 1.165) is 0 Å². The summed E-state index contributed by atoms with van der Waals surface area (Å²) in [5, 5.41) is 8.91. The van der Waals surface area contributed by atoms with Gasteiger partial charge in [-0.1, -0.05) is 0 Å². The Kier molecular flexibility index (Phi) is 7.03. The highest BCUT2D eigenvalue weighted by atomic mass is 16.5. The van der Waals surface area contributed by atoms with Crippen LogP contribution in [0.4, 0.5) is 0 Å². The quantitative estimate of drug-likeness (QED) is 0.677. The zero-order valence-corrected chi connectivity index (χ0v) is 11.8. The van der Waals surface area contributed by atoms with Crippen LogP contribution in [0.1, 0.15) is 41.0 Å². The van der Waals surface area contributed by atoms with Crippen molar-refractivity contribution in [3.63, 3.8) is 0 Å². The summed E-state index contributed by atoms with van der Waals surface area (Å²) in [6, 6.07) is 1.91. The minimum absolute atomic E-state index is 0.0408.